The molecule has 336 valence electrons. The maximum Gasteiger partial charge on any atom is 0.344 e. The Morgan fingerprint density at radius 2 is 1.17 bits per heavy atom. The van der Waals surface area contributed by atoms with Gasteiger partial charge in [0.05, 0.1) is 45.1 Å². The Morgan fingerprint density at radius 3 is 1.76 bits per heavy atom. The third kappa shape index (κ3) is 10.2. The van der Waals surface area contributed by atoms with Crippen molar-refractivity contribution >= 4 is 97.7 Å². The summed E-state index contributed by atoms with van der Waals surface area (Å²) in [4.78, 5) is 13.0. The largest absolute Gasteiger partial charge is 0.748 e. The van der Waals surface area contributed by atoms with Gasteiger partial charge in [0.1, 0.15) is 0 Å². The molecule has 0 amide bonds. The predicted molar refractivity (Wildman–Crippen MR) is 242 cm³/mol. The monoisotopic (exact) mass is 901 g/mol. The molecule has 0 saturated carbocycles. The molecule has 0 fully saturated rings. The second kappa shape index (κ2) is 18.7. The fourth-order valence-electron chi connectivity index (χ4n) is 8.77. The highest BCUT2D eigenvalue weighted by molar-refractivity contribution is 7.85. The summed E-state index contributed by atoms with van der Waals surface area (Å²) in [6, 6.07) is 22.9. The Morgan fingerprint density at radius 1 is 0.651 bits per heavy atom. The van der Waals surface area contributed by atoms with Gasteiger partial charge in [-0.25, -0.2) is 16.8 Å². The molecule has 0 unspecified atom stereocenters. The molecule has 15 nitrogen and oxygen atoms in total. The number of hydrogen-bond acceptors (Lipinski definition) is 10. The van der Waals surface area contributed by atoms with E-state index in [1.807, 2.05) is 50.7 Å². The first-order chi connectivity index (χ1) is 29.9. The van der Waals surface area contributed by atoms with Crippen molar-refractivity contribution in [1.29, 1.82) is 0 Å². The van der Waals surface area contributed by atoms with Gasteiger partial charge in [-0.2, -0.15) is 9.13 Å². The van der Waals surface area contributed by atoms with Gasteiger partial charge in [-0.05, 0) is 49.9 Å². The molecule has 4 aromatic carbocycles. The van der Waals surface area contributed by atoms with Crippen molar-refractivity contribution in [2.75, 3.05) is 29.5 Å². The molecule has 63 heavy (non-hydrogen) atoms. The Bertz CT molecular complexity index is 3200. The highest BCUT2D eigenvalue weighted by Crippen LogP contribution is 2.35. The summed E-state index contributed by atoms with van der Waals surface area (Å²) in [7, 11) is -4.37. The number of para-hydroxylation sites is 1. The van der Waals surface area contributed by atoms with Crippen LogP contribution >= 0.6 is 0 Å². The Balaban J connectivity index is 0.000000205. The number of carbonyl (C=O) groups is 1. The van der Waals surface area contributed by atoms with Crippen LogP contribution in [0, 0.1) is 13.8 Å². The van der Waals surface area contributed by atoms with Gasteiger partial charge in [-0.15, -0.1) is 0 Å². The minimum absolute atomic E-state index is 0.191. The van der Waals surface area contributed by atoms with Crippen LogP contribution in [-0.4, -0.2) is 70.7 Å². The molecule has 4 aromatic heterocycles. The quantitative estimate of drug-likeness (QED) is 0.0509. The molecular formula is C46H55N5O10S2. The topological polar surface area (TPSA) is 199 Å². The lowest BCUT2D eigenvalue weighted by molar-refractivity contribution is -0.683. The van der Waals surface area contributed by atoms with E-state index in [4.69, 9.17) is 13.9 Å². The summed E-state index contributed by atoms with van der Waals surface area (Å²) in [6.45, 7) is 8.39. The zero-order chi connectivity index (χ0) is 45.2. The van der Waals surface area contributed by atoms with E-state index in [1.165, 1.54) is 0 Å². The van der Waals surface area contributed by atoms with E-state index < -0.39 is 26.2 Å². The average Bonchev–Trinajstić information content (AvgIpc) is 3.89. The molecule has 0 aliphatic heterocycles. The van der Waals surface area contributed by atoms with Gasteiger partial charge >= 0.3 is 17.8 Å². The third-order valence-electron chi connectivity index (χ3n) is 11.9. The lowest BCUT2D eigenvalue weighted by atomic mass is 10.1. The van der Waals surface area contributed by atoms with E-state index in [0.29, 0.717) is 31.8 Å². The van der Waals surface area contributed by atoms with E-state index in [2.05, 4.69) is 74.1 Å². The molecule has 17 heteroatoms. The van der Waals surface area contributed by atoms with Gasteiger partial charge in [0.2, 0.25) is 11.2 Å². The van der Waals surface area contributed by atoms with Crippen LogP contribution in [0.3, 0.4) is 0 Å². The van der Waals surface area contributed by atoms with Crippen LogP contribution in [0.15, 0.2) is 75.6 Å². The second-order valence-corrected chi connectivity index (χ2v) is 19.4. The Labute approximate surface area is 366 Å². The first-order valence-electron chi connectivity index (χ1n) is 21.4. The minimum atomic E-state index is -4.24. The van der Waals surface area contributed by atoms with Gasteiger partial charge in [-0.3, -0.25) is 4.79 Å². The molecule has 8 aromatic rings. The number of aliphatic carboxylic acids is 1. The zero-order valence-corrected chi connectivity index (χ0v) is 38.1. The average molecular weight is 902 g/mol. The predicted octanol–water partition coefficient (Wildman–Crippen LogP) is 7.47. The number of anilines is 1. The molecule has 0 saturated heterocycles. The number of oxazole rings is 2. The third-order valence-corrected chi connectivity index (χ3v) is 13.5. The first-order valence-corrected chi connectivity index (χ1v) is 24.6. The number of aryl methyl sites for hydroxylation is 6. The number of nitrogens with zero attached hydrogens (tertiary/aromatic N) is 5. The van der Waals surface area contributed by atoms with E-state index in [1.54, 1.807) is 0 Å². The highest BCUT2D eigenvalue weighted by atomic mass is 32.2. The lowest BCUT2D eigenvalue weighted by Gasteiger charge is -2.25. The molecule has 0 aliphatic rings. The number of hydrogen-bond donors (Lipinski definition) is 1. The molecule has 0 radical (unpaired) electrons. The summed E-state index contributed by atoms with van der Waals surface area (Å²) >= 11 is 0. The summed E-state index contributed by atoms with van der Waals surface area (Å²) in [5, 5.41) is 13.4. The van der Waals surface area contributed by atoms with Crippen molar-refractivity contribution < 1.29 is 53.8 Å². The summed E-state index contributed by atoms with van der Waals surface area (Å²) in [5.41, 5.74) is 8.87. The molecule has 0 atom stereocenters. The fourth-order valence-corrected chi connectivity index (χ4v) is 9.73. The van der Waals surface area contributed by atoms with Crippen molar-refractivity contribution in [2.45, 2.75) is 85.2 Å². The van der Waals surface area contributed by atoms with Crippen molar-refractivity contribution in [3.8, 4) is 0 Å². The Kier molecular flexibility index (Phi) is 13.5. The molecule has 0 spiro atoms. The number of benzene rings is 4. The SMILES string of the molecule is CCCCN(CCCS(=O)(=O)[O-])c1ccc2c(c1)c1cc3c(cc1n2C)oc(C)[n+]3CCCCCC(=O)O.Cc1oc2cc3c(cc2[n+]1CCCS(=O)(=O)[O-])c1ccccc1n3C. The van der Waals surface area contributed by atoms with E-state index in [9.17, 15) is 30.7 Å². The number of aromatic nitrogens is 4. The Hall–Kier alpha value is -5.49. The van der Waals surface area contributed by atoms with Gasteiger partial charge in [-0.1, -0.05) is 31.5 Å². The van der Waals surface area contributed by atoms with Crippen LogP contribution in [0.25, 0.3) is 65.8 Å². The number of unbranched alkanes of at least 4 members (excludes halogenated alkanes) is 3. The second-order valence-electron chi connectivity index (χ2n) is 16.3. The van der Waals surface area contributed by atoms with E-state index >= 15 is 0 Å². The van der Waals surface area contributed by atoms with E-state index in [0.717, 1.165) is 116 Å². The van der Waals surface area contributed by atoms with Crippen LogP contribution < -0.4 is 14.0 Å². The van der Waals surface area contributed by atoms with Gasteiger partial charge in [0, 0.05) is 120 Å². The fraction of sp³-hybridized carbons (Fsp3) is 0.413. The molecule has 1 N–H and O–H groups in total. The van der Waals surface area contributed by atoms with Crippen molar-refractivity contribution in [2.24, 2.45) is 14.1 Å². The normalized spacial score (nSPS) is 12.4. The number of fused-ring (bicyclic) bond motifs is 8. The van der Waals surface area contributed by atoms with E-state index in [-0.39, 0.29) is 24.3 Å². The van der Waals surface area contributed by atoms with Gasteiger partial charge in [0.15, 0.2) is 13.1 Å². The smallest absolute Gasteiger partial charge is 0.344 e. The molecule has 4 heterocycles. The lowest BCUT2D eigenvalue weighted by Crippen LogP contribution is -2.36. The summed E-state index contributed by atoms with van der Waals surface area (Å²) in [6.07, 6.45) is 5.11. The van der Waals surface area contributed by atoms with Crippen LogP contribution in [0.1, 0.15) is 70.1 Å². The zero-order valence-electron chi connectivity index (χ0n) is 36.4. The maximum absolute atomic E-state index is 11.1. The molecule has 8 rings (SSSR count). The van der Waals surface area contributed by atoms with Crippen LogP contribution in [0.5, 0.6) is 0 Å². The van der Waals surface area contributed by atoms with Gasteiger partial charge < -0.3 is 37.1 Å². The maximum atomic E-state index is 11.1. The van der Waals surface area contributed by atoms with Crippen LogP contribution in [0.2, 0.25) is 0 Å². The summed E-state index contributed by atoms with van der Waals surface area (Å²) in [5.74, 6) is 0.0163. The number of carboxylic acids is 1. The van der Waals surface area contributed by atoms with Crippen molar-refractivity contribution in [1.82, 2.24) is 9.13 Å². The summed E-state index contributed by atoms with van der Waals surface area (Å²) < 4.78 is 86.3. The number of carboxylic acid groups (broad SMARTS) is 1. The van der Waals surface area contributed by atoms with Crippen LogP contribution in [0.4, 0.5) is 5.69 Å². The minimum Gasteiger partial charge on any atom is -0.748 e. The van der Waals surface area contributed by atoms with Gasteiger partial charge in [0.25, 0.3) is 11.0 Å². The molecule has 0 aliphatic carbocycles. The van der Waals surface area contributed by atoms with Crippen LogP contribution in [-0.2, 0) is 52.2 Å². The highest BCUT2D eigenvalue weighted by Gasteiger charge is 2.24. The standard InChI is InChI=1S/C28H37N3O6S.C18H18N2O4S/c1-4-5-13-30(14-9-16-38(34,35)36)21-11-12-24-22(17-21)23-18-26-27(19-25(23)29(24)3)37-20(2)31(26)15-8-6-7-10-28(32)33;1-12-20(8-5-9-25(21,22)23)17-10-14-13-6-3-4-7-15(13)19(2)16(14)11-18(17)24-12/h11-12,17-19H,4-10,13-16H2,1-3H3,(H-,32,33,34,35,36);3-4,6-7,10-11H,5,8-9H2,1-2H3. The number of rotatable bonds is 18. The first kappa shape index (κ1) is 45.5. The van der Waals surface area contributed by atoms with Crippen molar-refractivity contribution in [3.05, 3.63) is 78.5 Å². The molecular weight excluding hydrogens is 847 g/mol. The van der Waals surface area contributed by atoms with Crippen molar-refractivity contribution in [3.63, 3.8) is 0 Å². The molecule has 0 bridgehead atoms.